The number of anilines is 1. The summed E-state index contributed by atoms with van der Waals surface area (Å²) >= 11 is 9.22. The molecule has 0 radical (unpaired) electrons. The molecule has 6 heteroatoms. The Hall–Kier alpha value is -1.59. The summed E-state index contributed by atoms with van der Waals surface area (Å²) in [5.74, 6) is 0. The zero-order valence-electron chi connectivity index (χ0n) is 9.77. The van der Waals surface area contributed by atoms with Crippen molar-refractivity contribution in [2.75, 3.05) is 5.32 Å². The van der Waals surface area contributed by atoms with Crippen LogP contribution in [0.3, 0.4) is 0 Å². The number of pyridine rings is 1. The number of benzene rings is 1. The van der Waals surface area contributed by atoms with Gasteiger partial charge in [-0.3, -0.25) is 10.3 Å². The molecule has 1 N–H and O–H groups in total. The minimum Gasteiger partial charge on any atom is -0.444 e. The number of rotatable bonds is 3. The van der Waals surface area contributed by atoms with Crippen molar-refractivity contribution in [3.8, 4) is 0 Å². The first-order chi connectivity index (χ1) is 9.16. The normalized spacial score (nSPS) is 10.0. The molecule has 1 amide bonds. The molecule has 0 saturated heterocycles. The first-order valence-electron chi connectivity index (χ1n) is 5.43. The van der Waals surface area contributed by atoms with Crippen molar-refractivity contribution in [2.24, 2.45) is 0 Å². The lowest BCUT2D eigenvalue weighted by atomic mass is 10.2. The summed E-state index contributed by atoms with van der Waals surface area (Å²) in [4.78, 5) is 15.5. The van der Waals surface area contributed by atoms with Crippen LogP contribution in [0.15, 0.2) is 47.2 Å². The third-order valence-corrected chi connectivity index (χ3v) is 3.52. The van der Waals surface area contributed by atoms with Gasteiger partial charge in [-0.05, 0) is 21.5 Å². The average Bonchev–Trinajstić information content (AvgIpc) is 2.43. The molecule has 0 unspecified atom stereocenters. The highest BCUT2D eigenvalue weighted by atomic mass is 79.9. The largest absolute Gasteiger partial charge is 0.444 e. The second-order valence-electron chi connectivity index (χ2n) is 3.67. The fraction of sp³-hybridized carbons (Fsp3) is 0.0769. The molecule has 0 spiro atoms. The molecule has 0 atom stereocenters. The summed E-state index contributed by atoms with van der Waals surface area (Å²) in [5.41, 5.74) is 1.31. The smallest absolute Gasteiger partial charge is 0.412 e. The van der Waals surface area contributed by atoms with E-state index >= 15 is 0 Å². The number of aromatic nitrogens is 1. The van der Waals surface area contributed by atoms with Crippen molar-refractivity contribution in [1.29, 1.82) is 0 Å². The maximum absolute atomic E-state index is 11.6. The van der Waals surface area contributed by atoms with Crippen molar-refractivity contribution in [3.05, 3.63) is 57.8 Å². The zero-order chi connectivity index (χ0) is 13.7. The van der Waals surface area contributed by atoms with Crippen molar-refractivity contribution in [3.63, 3.8) is 0 Å². The van der Waals surface area contributed by atoms with Gasteiger partial charge in [-0.15, -0.1) is 0 Å². The first kappa shape index (κ1) is 13.8. The van der Waals surface area contributed by atoms with Crippen LogP contribution in [0.2, 0.25) is 5.02 Å². The SMILES string of the molecule is O=C(Nc1cncc(Br)c1Cl)OCc1ccccc1. The van der Waals surface area contributed by atoms with Crippen LogP contribution in [0.5, 0.6) is 0 Å². The van der Waals surface area contributed by atoms with Gasteiger partial charge in [0.1, 0.15) is 6.61 Å². The van der Waals surface area contributed by atoms with E-state index in [2.05, 4.69) is 26.2 Å². The van der Waals surface area contributed by atoms with E-state index in [4.69, 9.17) is 16.3 Å². The lowest BCUT2D eigenvalue weighted by molar-refractivity contribution is 0.155. The molecule has 2 aromatic rings. The van der Waals surface area contributed by atoms with Gasteiger partial charge in [0.15, 0.2) is 0 Å². The third kappa shape index (κ3) is 3.94. The molecule has 98 valence electrons. The molecule has 0 aliphatic rings. The fourth-order valence-corrected chi connectivity index (χ4v) is 1.85. The molecular formula is C13H10BrClN2O2. The van der Waals surface area contributed by atoms with Gasteiger partial charge in [-0.1, -0.05) is 41.9 Å². The number of carbonyl (C=O) groups is 1. The fourth-order valence-electron chi connectivity index (χ4n) is 1.38. The molecule has 0 bridgehead atoms. The minimum atomic E-state index is -0.578. The Morgan fingerprint density at radius 2 is 2.05 bits per heavy atom. The Balaban J connectivity index is 1.93. The molecule has 1 heterocycles. The van der Waals surface area contributed by atoms with Gasteiger partial charge in [0.2, 0.25) is 0 Å². The molecule has 0 fully saturated rings. The number of nitrogens with zero attached hydrogens (tertiary/aromatic N) is 1. The highest BCUT2D eigenvalue weighted by molar-refractivity contribution is 9.10. The molecule has 4 nitrogen and oxygen atoms in total. The van der Waals surface area contributed by atoms with Gasteiger partial charge in [0, 0.05) is 6.20 Å². The van der Waals surface area contributed by atoms with Crippen molar-refractivity contribution >= 4 is 39.3 Å². The Morgan fingerprint density at radius 3 is 2.79 bits per heavy atom. The second-order valence-corrected chi connectivity index (χ2v) is 4.90. The van der Waals surface area contributed by atoms with Crippen LogP contribution in [-0.4, -0.2) is 11.1 Å². The number of ether oxygens (including phenoxy) is 1. The van der Waals surface area contributed by atoms with Gasteiger partial charge >= 0.3 is 6.09 Å². The molecule has 19 heavy (non-hydrogen) atoms. The molecule has 1 aromatic carbocycles. The number of hydrogen-bond acceptors (Lipinski definition) is 3. The van der Waals surface area contributed by atoms with Gasteiger partial charge in [0.05, 0.1) is 21.4 Å². The van der Waals surface area contributed by atoms with Crippen LogP contribution in [0.4, 0.5) is 10.5 Å². The van der Waals surface area contributed by atoms with Crippen LogP contribution >= 0.6 is 27.5 Å². The van der Waals surface area contributed by atoms with E-state index < -0.39 is 6.09 Å². The zero-order valence-corrected chi connectivity index (χ0v) is 12.1. The predicted octanol–water partition coefficient (Wildman–Crippen LogP) is 4.25. The molecule has 0 saturated carbocycles. The van der Waals surface area contributed by atoms with Crippen LogP contribution < -0.4 is 5.32 Å². The molecular weight excluding hydrogens is 332 g/mol. The predicted molar refractivity (Wildman–Crippen MR) is 77.2 cm³/mol. The Labute approximate surface area is 123 Å². The summed E-state index contributed by atoms with van der Waals surface area (Å²) in [6, 6.07) is 9.41. The van der Waals surface area contributed by atoms with E-state index in [9.17, 15) is 4.79 Å². The summed E-state index contributed by atoms with van der Waals surface area (Å²) in [6.45, 7) is 0.200. The maximum atomic E-state index is 11.6. The first-order valence-corrected chi connectivity index (χ1v) is 6.60. The van der Waals surface area contributed by atoms with Gasteiger partial charge < -0.3 is 4.74 Å². The Kier molecular flexibility index (Phi) is 4.76. The Morgan fingerprint density at radius 1 is 1.32 bits per heavy atom. The number of halogens is 2. The molecule has 2 rings (SSSR count). The number of nitrogens with one attached hydrogen (secondary N) is 1. The Bertz CT molecular complexity index is 578. The van der Waals surface area contributed by atoms with Crippen molar-refractivity contribution < 1.29 is 9.53 Å². The van der Waals surface area contributed by atoms with Crippen LogP contribution in [-0.2, 0) is 11.3 Å². The molecule has 1 aromatic heterocycles. The van der Waals surface area contributed by atoms with Crippen LogP contribution in [0, 0.1) is 0 Å². The van der Waals surface area contributed by atoms with Crippen molar-refractivity contribution in [1.82, 2.24) is 4.98 Å². The van der Waals surface area contributed by atoms with E-state index in [1.165, 1.54) is 6.20 Å². The highest BCUT2D eigenvalue weighted by Crippen LogP contribution is 2.28. The number of hydrogen-bond donors (Lipinski definition) is 1. The van der Waals surface area contributed by atoms with E-state index in [1.807, 2.05) is 30.3 Å². The van der Waals surface area contributed by atoms with E-state index in [0.717, 1.165) is 5.56 Å². The van der Waals surface area contributed by atoms with Crippen LogP contribution in [0.25, 0.3) is 0 Å². The number of amides is 1. The quantitative estimate of drug-likeness (QED) is 0.908. The lowest BCUT2D eigenvalue weighted by Gasteiger charge is -2.08. The topological polar surface area (TPSA) is 51.2 Å². The molecule has 0 aliphatic heterocycles. The summed E-state index contributed by atoms with van der Waals surface area (Å²) < 4.78 is 5.68. The van der Waals surface area contributed by atoms with E-state index in [1.54, 1.807) is 6.20 Å². The lowest BCUT2D eigenvalue weighted by Crippen LogP contribution is -2.14. The highest BCUT2D eigenvalue weighted by Gasteiger charge is 2.09. The second kappa shape index (κ2) is 6.54. The summed E-state index contributed by atoms with van der Waals surface area (Å²) in [7, 11) is 0. The third-order valence-electron chi connectivity index (χ3n) is 2.29. The monoisotopic (exact) mass is 340 g/mol. The minimum absolute atomic E-state index is 0.200. The maximum Gasteiger partial charge on any atom is 0.412 e. The van der Waals surface area contributed by atoms with Gasteiger partial charge in [-0.25, -0.2) is 4.79 Å². The average molecular weight is 342 g/mol. The summed E-state index contributed by atoms with van der Waals surface area (Å²) in [6.07, 6.45) is 2.42. The van der Waals surface area contributed by atoms with Crippen molar-refractivity contribution in [2.45, 2.75) is 6.61 Å². The van der Waals surface area contributed by atoms with E-state index in [0.29, 0.717) is 15.2 Å². The van der Waals surface area contributed by atoms with Gasteiger partial charge in [0.25, 0.3) is 0 Å². The molecule has 0 aliphatic carbocycles. The standard InChI is InChI=1S/C13H10BrClN2O2/c14-10-6-16-7-11(12(10)15)17-13(18)19-8-9-4-2-1-3-5-9/h1-7H,8H2,(H,17,18). The summed E-state index contributed by atoms with van der Waals surface area (Å²) in [5, 5.41) is 2.92. The van der Waals surface area contributed by atoms with Gasteiger partial charge in [-0.2, -0.15) is 0 Å². The van der Waals surface area contributed by atoms with Crippen LogP contribution in [0.1, 0.15) is 5.56 Å². The number of carbonyl (C=O) groups excluding carboxylic acids is 1. The van der Waals surface area contributed by atoms with E-state index in [-0.39, 0.29) is 6.61 Å².